The summed E-state index contributed by atoms with van der Waals surface area (Å²) in [4.78, 5) is 4.12. The van der Waals surface area contributed by atoms with E-state index in [0.717, 1.165) is 27.8 Å². The van der Waals surface area contributed by atoms with E-state index in [1.54, 1.807) is 11.0 Å². The molecule has 2 rings (SSSR count). The smallest absolute Gasteiger partial charge is 0.206 e. The molecule has 0 aromatic carbocycles. The first-order valence-electron chi connectivity index (χ1n) is 4.31. The first kappa shape index (κ1) is 10.5. The summed E-state index contributed by atoms with van der Waals surface area (Å²) in [6, 6.07) is 0. The molecule has 0 spiro atoms. The van der Waals surface area contributed by atoms with E-state index in [1.165, 1.54) is 11.3 Å². The molecule has 2 aromatic heterocycles. The number of hydrogen-bond acceptors (Lipinski definition) is 6. The van der Waals surface area contributed by atoms with Crippen LogP contribution in [0.4, 0.5) is 5.13 Å². The quantitative estimate of drug-likeness (QED) is 0.912. The number of aryl methyl sites for hydroxylation is 1. The van der Waals surface area contributed by atoms with Gasteiger partial charge in [-0.25, -0.2) is 4.98 Å². The van der Waals surface area contributed by atoms with Gasteiger partial charge >= 0.3 is 0 Å². The molecular weight excluding hydrogens is 280 g/mol. The second-order valence-electron chi connectivity index (χ2n) is 2.87. The molecule has 0 atom stereocenters. The van der Waals surface area contributed by atoms with E-state index in [-0.39, 0.29) is 0 Å². The molecule has 2 aromatic rings. The highest BCUT2D eigenvalue weighted by Crippen LogP contribution is 2.19. The van der Waals surface area contributed by atoms with Gasteiger partial charge < -0.3 is 5.32 Å². The van der Waals surface area contributed by atoms with Crippen LogP contribution in [0.2, 0.25) is 0 Å². The largest absolute Gasteiger partial charge is 0.360 e. The average Bonchev–Trinajstić information content (AvgIpc) is 2.76. The Bertz CT molecular complexity index is 398. The minimum Gasteiger partial charge on any atom is -0.360 e. The lowest BCUT2D eigenvalue weighted by molar-refractivity contribution is 0.742. The van der Waals surface area contributed by atoms with Crippen molar-refractivity contribution in [1.82, 2.24) is 25.0 Å². The van der Waals surface area contributed by atoms with Gasteiger partial charge in [-0.1, -0.05) is 11.3 Å². The first-order chi connectivity index (χ1) is 7.24. The predicted octanol–water partition coefficient (Wildman–Crippen LogP) is 1.08. The Hall–Kier alpha value is -1.02. The number of anilines is 1. The topological polar surface area (TPSA) is 68.5 Å². The van der Waals surface area contributed by atoms with E-state index in [1.807, 2.05) is 7.05 Å². The third kappa shape index (κ3) is 2.96. The summed E-state index contributed by atoms with van der Waals surface area (Å²) in [6.45, 7) is 0.756. The minimum absolute atomic E-state index is 0.756. The molecule has 15 heavy (non-hydrogen) atoms. The Balaban J connectivity index is 1.80. The van der Waals surface area contributed by atoms with E-state index in [4.69, 9.17) is 0 Å². The summed E-state index contributed by atoms with van der Waals surface area (Å²) in [7, 11) is 1.85. The first-order valence-corrected chi connectivity index (χ1v) is 5.92. The van der Waals surface area contributed by atoms with Crippen molar-refractivity contribution in [3.63, 3.8) is 0 Å². The van der Waals surface area contributed by atoms with E-state index >= 15 is 0 Å². The number of hydrogen-bond donors (Lipinski definition) is 1. The van der Waals surface area contributed by atoms with Crippen molar-refractivity contribution in [2.75, 3.05) is 11.9 Å². The van der Waals surface area contributed by atoms with Crippen molar-refractivity contribution < 1.29 is 0 Å². The van der Waals surface area contributed by atoms with Gasteiger partial charge in [-0.15, -0.1) is 10.2 Å². The molecule has 0 saturated heterocycles. The average molecular weight is 289 g/mol. The highest BCUT2D eigenvalue weighted by atomic mass is 79.9. The zero-order valence-corrected chi connectivity index (χ0v) is 10.4. The molecular formula is C7H9BrN6S. The Labute approximate surface area is 98.9 Å². The van der Waals surface area contributed by atoms with Crippen molar-refractivity contribution in [3.05, 3.63) is 16.1 Å². The summed E-state index contributed by atoms with van der Waals surface area (Å²) >= 11 is 4.71. The number of nitrogens with one attached hydrogen (secondary N) is 1. The number of nitrogens with zero attached hydrogens (tertiary/aromatic N) is 5. The molecule has 0 aliphatic carbocycles. The van der Waals surface area contributed by atoms with E-state index in [9.17, 15) is 0 Å². The fraction of sp³-hybridized carbons (Fsp3) is 0.429. The monoisotopic (exact) mass is 288 g/mol. The summed E-state index contributed by atoms with van der Waals surface area (Å²) in [6.07, 6.45) is 2.47. The molecule has 0 bridgehead atoms. The van der Waals surface area contributed by atoms with Gasteiger partial charge in [0.15, 0.2) is 9.74 Å². The maximum Gasteiger partial charge on any atom is 0.206 e. The van der Waals surface area contributed by atoms with Crippen LogP contribution in [-0.4, -0.2) is 31.5 Å². The Morgan fingerprint density at radius 2 is 2.40 bits per heavy atom. The Kier molecular flexibility index (Phi) is 3.27. The summed E-state index contributed by atoms with van der Waals surface area (Å²) in [5, 5.41) is 15.9. The van der Waals surface area contributed by atoms with Crippen LogP contribution >= 0.6 is 27.3 Å². The van der Waals surface area contributed by atoms with Gasteiger partial charge in [-0.05, 0) is 15.9 Å². The van der Waals surface area contributed by atoms with Gasteiger partial charge in [0.2, 0.25) is 5.13 Å². The van der Waals surface area contributed by atoms with Crippen molar-refractivity contribution in [3.8, 4) is 0 Å². The van der Waals surface area contributed by atoms with Crippen LogP contribution in [-0.2, 0) is 13.5 Å². The van der Waals surface area contributed by atoms with Gasteiger partial charge in [0.1, 0.15) is 6.33 Å². The van der Waals surface area contributed by atoms with Crippen LogP contribution in [0.5, 0.6) is 0 Å². The molecule has 8 heteroatoms. The van der Waals surface area contributed by atoms with Crippen molar-refractivity contribution >= 4 is 32.4 Å². The van der Waals surface area contributed by atoms with Crippen LogP contribution in [0, 0.1) is 0 Å². The molecule has 80 valence electrons. The summed E-state index contributed by atoms with van der Waals surface area (Å²) < 4.78 is 2.47. The molecule has 0 unspecified atom stereocenters. The fourth-order valence-electron chi connectivity index (χ4n) is 1.06. The summed E-state index contributed by atoms with van der Waals surface area (Å²) in [5.74, 6) is 0.827. The maximum atomic E-state index is 4.17. The second kappa shape index (κ2) is 4.67. The fourth-order valence-corrected chi connectivity index (χ4v) is 2.09. The van der Waals surface area contributed by atoms with Gasteiger partial charge in [-0.2, -0.15) is 5.10 Å². The molecule has 0 amide bonds. The van der Waals surface area contributed by atoms with E-state index in [2.05, 4.69) is 41.5 Å². The van der Waals surface area contributed by atoms with E-state index < -0.39 is 0 Å². The highest BCUT2D eigenvalue weighted by Gasteiger charge is 2.01. The van der Waals surface area contributed by atoms with Crippen molar-refractivity contribution in [2.24, 2.45) is 7.05 Å². The van der Waals surface area contributed by atoms with Gasteiger partial charge in [0, 0.05) is 20.0 Å². The van der Waals surface area contributed by atoms with Crippen LogP contribution in [0.25, 0.3) is 0 Å². The third-order valence-corrected chi connectivity index (χ3v) is 2.99. The van der Waals surface area contributed by atoms with E-state index in [0.29, 0.717) is 0 Å². The van der Waals surface area contributed by atoms with Crippen LogP contribution in [0.1, 0.15) is 5.82 Å². The zero-order valence-electron chi connectivity index (χ0n) is 8.01. The van der Waals surface area contributed by atoms with Gasteiger partial charge in [-0.3, -0.25) is 4.68 Å². The van der Waals surface area contributed by atoms with Crippen molar-refractivity contribution in [1.29, 1.82) is 0 Å². The second-order valence-corrected chi connectivity index (χ2v) is 5.12. The summed E-state index contributed by atoms with van der Waals surface area (Å²) in [5.41, 5.74) is 0. The number of halogens is 1. The third-order valence-electron chi connectivity index (χ3n) is 1.67. The highest BCUT2D eigenvalue weighted by molar-refractivity contribution is 9.11. The number of aromatic nitrogens is 5. The molecule has 1 N–H and O–H groups in total. The maximum absolute atomic E-state index is 4.17. The lowest BCUT2D eigenvalue weighted by Gasteiger charge is -1.97. The van der Waals surface area contributed by atoms with Crippen molar-refractivity contribution in [2.45, 2.75) is 6.42 Å². The number of rotatable bonds is 4. The SMILES string of the molecule is Cn1cnc(CCNc2nnc(Br)s2)n1. The molecule has 0 aliphatic heterocycles. The Morgan fingerprint density at radius 3 is 3.00 bits per heavy atom. The lowest BCUT2D eigenvalue weighted by Crippen LogP contribution is -2.06. The lowest BCUT2D eigenvalue weighted by atomic mass is 10.4. The molecule has 0 radical (unpaired) electrons. The minimum atomic E-state index is 0.756. The van der Waals surface area contributed by atoms with Crippen LogP contribution < -0.4 is 5.32 Å². The molecule has 2 heterocycles. The molecule has 6 nitrogen and oxygen atoms in total. The van der Waals surface area contributed by atoms with Gasteiger partial charge in [0.25, 0.3) is 0 Å². The predicted molar refractivity (Wildman–Crippen MR) is 60.8 cm³/mol. The Morgan fingerprint density at radius 1 is 1.53 bits per heavy atom. The standard InChI is InChI=1S/C7H9BrN6S/c1-14-4-10-5(13-14)2-3-9-7-12-11-6(8)15-7/h4H,2-3H2,1H3,(H,9,12). The van der Waals surface area contributed by atoms with Crippen LogP contribution in [0.15, 0.2) is 10.2 Å². The van der Waals surface area contributed by atoms with Gasteiger partial charge in [0.05, 0.1) is 0 Å². The van der Waals surface area contributed by atoms with Crippen LogP contribution in [0.3, 0.4) is 0 Å². The molecule has 0 saturated carbocycles. The molecule has 0 fully saturated rings. The zero-order chi connectivity index (χ0) is 10.7. The normalized spacial score (nSPS) is 10.5. The molecule has 0 aliphatic rings.